The maximum absolute atomic E-state index is 12.6. The van der Waals surface area contributed by atoms with Crippen LogP contribution in [0.15, 0.2) is 12.4 Å². The van der Waals surface area contributed by atoms with Gasteiger partial charge in [0.15, 0.2) is 5.82 Å². The van der Waals surface area contributed by atoms with Crippen LogP contribution in [-0.4, -0.2) is 40.5 Å². The normalized spacial score (nSPS) is 18.6. The molecule has 0 aliphatic carbocycles. The van der Waals surface area contributed by atoms with Gasteiger partial charge < -0.3 is 10.2 Å². The maximum atomic E-state index is 12.6. The Labute approximate surface area is 94.9 Å². The van der Waals surface area contributed by atoms with Crippen LogP contribution >= 0.6 is 0 Å². The zero-order valence-electron chi connectivity index (χ0n) is 9.49. The quantitative estimate of drug-likeness (QED) is 0.841. The molecule has 1 atom stereocenters. The summed E-state index contributed by atoms with van der Waals surface area (Å²) in [6, 6.07) is 0.281. The summed E-state index contributed by atoms with van der Waals surface area (Å²) in [5, 5.41) is 3.17. The standard InChI is InChI=1S/C11H17FN4/c1-9(8-16-4-2-3-5-16)15-11-13-6-10(12)7-14-11/h6-7,9H,2-5,8H2,1H3,(H,13,14,15). The lowest BCUT2D eigenvalue weighted by molar-refractivity contribution is 0.327. The van der Waals surface area contributed by atoms with Gasteiger partial charge in [0.25, 0.3) is 0 Å². The van der Waals surface area contributed by atoms with E-state index in [1.807, 2.05) is 0 Å². The number of hydrogen-bond acceptors (Lipinski definition) is 4. The van der Waals surface area contributed by atoms with Crippen LogP contribution in [0.1, 0.15) is 19.8 Å². The monoisotopic (exact) mass is 224 g/mol. The third-order valence-electron chi connectivity index (χ3n) is 2.73. The molecule has 1 N–H and O–H groups in total. The van der Waals surface area contributed by atoms with E-state index >= 15 is 0 Å². The highest BCUT2D eigenvalue weighted by Crippen LogP contribution is 2.09. The largest absolute Gasteiger partial charge is 0.350 e. The molecule has 2 heterocycles. The van der Waals surface area contributed by atoms with Crippen LogP contribution in [0.5, 0.6) is 0 Å². The van der Waals surface area contributed by atoms with Crippen LogP contribution in [0.2, 0.25) is 0 Å². The average molecular weight is 224 g/mol. The summed E-state index contributed by atoms with van der Waals surface area (Å²) in [7, 11) is 0. The Bertz CT molecular complexity index is 321. The molecule has 0 amide bonds. The third-order valence-corrected chi connectivity index (χ3v) is 2.73. The number of anilines is 1. The van der Waals surface area contributed by atoms with E-state index in [0.717, 1.165) is 6.54 Å². The number of rotatable bonds is 4. The molecule has 1 fully saturated rings. The fourth-order valence-electron chi connectivity index (χ4n) is 2.01. The van der Waals surface area contributed by atoms with Gasteiger partial charge in [-0.15, -0.1) is 0 Å². The first-order valence-electron chi connectivity index (χ1n) is 5.70. The highest BCUT2D eigenvalue weighted by molar-refractivity contribution is 5.24. The van der Waals surface area contributed by atoms with Gasteiger partial charge in [0.05, 0.1) is 12.4 Å². The molecule has 0 aromatic carbocycles. The summed E-state index contributed by atoms with van der Waals surface area (Å²) in [6.07, 6.45) is 4.94. The Morgan fingerprint density at radius 2 is 2.00 bits per heavy atom. The molecule has 1 aliphatic heterocycles. The van der Waals surface area contributed by atoms with Gasteiger partial charge in [-0.2, -0.15) is 0 Å². The van der Waals surface area contributed by atoms with Crippen molar-refractivity contribution in [3.05, 3.63) is 18.2 Å². The highest BCUT2D eigenvalue weighted by atomic mass is 19.1. The maximum Gasteiger partial charge on any atom is 0.223 e. The Balaban J connectivity index is 1.81. The van der Waals surface area contributed by atoms with E-state index in [1.165, 1.54) is 38.3 Å². The van der Waals surface area contributed by atoms with Crippen molar-refractivity contribution in [1.29, 1.82) is 0 Å². The van der Waals surface area contributed by atoms with Crippen molar-refractivity contribution in [3.63, 3.8) is 0 Å². The van der Waals surface area contributed by atoms with Crippen LogP contribution in [-0.2, 0) is 0 Å². The lowest BCUT2D eigenvalue weighted by atomic mass is 10.3. The van der Waals surface area contributed by atoms with Gasteiger partial charge in [-0.25, -0.2) is 14.4 Å². The molecule has 1 saturated heterocycles. The molecule has 0 radical (unpaired) electrons. The first-order chi connectivity index (χ1) is 7.74. The van der Waals surface area contributed by atoms with Crippen LogP contribution in [0.3, 0.4) is 0 Å². The molecule has 4 nitrogen and oxygen atoms in total. The van der Waals surface area contributed by atoms with Crippen molar-refractivity contribution < 1.29 is 4.39 Å². The summed E-state index contributed by atoms with van der Waals surface area (Å²) >= 11 is 0. The first kappa shape index (κ1) is 11.3. The summed E-state index contributed by atoms with van der Waals surface area (Å²) in [5.74, 6) is 0.0887. The number of halogens is 1. The van der Waals surface area contributed by atoms with Crippen molar-refractivity contribution in [2.75, 3.05) is 25.0 Å². The SMILES string of the molecule is CC(CN1CCCC1)Nc1ncc(F)cn1. The zero-order valence-corrected chi connectivity index (χ0v) is 9.49. The molecule has 88 valence electrons. The molecule has 0 bridgehead atoms. The molecule has 1 aromatic rings. The lowest BCUT2D eigenvalue weighted by Crippen LogP contribution is -2.33. The minimum Gasteiger partial charge on any atom is -0.350 e. The van der Waals surface area contributed by atoms with Crippen LogP contribution in [0.4, 0.5) is 10.3 Å². The molecule has 0 spiro atoms. The van der Waals surface area contributed by atoms with Gasteiger partial charge in [0.1, 0.15) is 0 Å². The van der Waals surface area contributed by atoms with Gasteiger partial charge in [0, 0.05) is 12.6 Å². The Morgan fingerprint density at radius 3 is 2.62 bits per heavy atom. The number of nitrogens with one attached hydrogen (secondary N) is 1. The van der Waals surface area contributed by atoms with E-state index in [1.54, 1.807) is 0 Å². The third kappa shape index (κ3) is 3.13. The van der Waals surface area contributed by atoms with Crippen LogP contribution in [0.25, 0.3) is 0 Å². The predicted molar refractivity (Wildman–Crippen MR) is 60.7 cm³/mol. The first-order valence-corrected chi connectivity index (χ1v) is 5.70. The summed E-state index contributed by atoms with van der Waals surface area (Å²) < 4.78 is 12.6. The Hall–Kier alpha value is -1.23. The predicted octanol–water partition coefficient (Wildman–Crippen LogP) is 1.51. The van der Waals surface area contributed by atoms with Crippen molar-refractivity contribution in [3.8, 4) is 0 Å². The van der Waals surface area contributed by atoms with E-state index in [0.29, 0.717) is 5.95 Å². The van der Waals surface area contributed by atoms with E-state index < -0.39 is 5.82 Å². The van der Waals surface area contributed by atoms with Crippen LogP contribution in [0, 0.1) is 5.82 Å². The van der Waals surface area contributed by atoms with Crippen LogP contribution < -0.4 is 5.32 Å². The fraction of sp³-hybridized carbons (Fsp3) is 0.636. The van der Waals surface area contributed by atoms with Crippen molar-refractivity contribution >= 4 is 5.95 Å². The molecule has 1 aromatic heterocycles. The van der Waals surface area contributed by atoms with Gasteiger partial charge >= 0.3 is 0 Å². The minimum absolute atomic E-state index is 0.281. The second kappa shape index (κ2) is 5.21. The van der Waals surface area contributed by atoms with Gasteiger partial charge in [-0.05, 0) is 32.9 Å². The lowest BCUT2D eigenvalue weighted by Gasteiger charge is -2.20. The number of likely N-dealkylation sites (tertiary alicyclic amines) is 1. The average Bonchev–Trinajstić information content (AvgIpc) is 2.74. The number of nitrogens with zero attached hydrogens (tertiary/aromatic N) is 3. The summed E-state index contributed by atoms with van der Waals surface area (Å²) in [5.41, 5.74) is 0. The smallest absolute Gasteiger partial charge is 0.223 e. The summed E-state index contributed by atoms with van der Waals surface area (Å²) in [4.78, 5) is 10.2. The summed E-state index contributed by atoms with van der Waals surface area (Å²) in [6.45, 7) is 5.43. The zero-order chi connectivity index (χ0) is 11.4. The molecule has 0 saturated carbocycles. The second-order valence-corrected chi connectivity index (χ2v) is 4.28. The van der Waals surface area contributed by atoms with E-state index in [-0.39, 0.29) is 6.04 Å². The second-order valence-electron chi connectivity index (χ2n) is 4.28. The van der Waals surface area contributed by atoms with Crippen molar-refractivity contribution in [2.24, 2.45) is 0 Å². The number of aromatic nitrogens is 2. The Morgan fingerprint density at radius 1 is 1.38 bits per heavy atom. The van der Waals surface area contributed by atoms with Gasteiger partial charge in [-0.1, -0.05) is 0 Å². The Kier molecular flexibility index (Phi) is 3.66. The van der Waals surface area contributed by atoms with Crippen molar-refractivity contribution in [2.45, 2.75) is 25.8 Å². The molecular formula is C11H17FN4. The topological polar surface area (TPSA) is 41.0 Å². The van der Waals surface area contributed by atoms with E-state index in [2.05, 4.69) is 27.1 Å². The van der Waals surface area contributed by atoms with Gasteiger partial charge in [-0.3, -0.25) is 0 Å². The molecule has 5 heteroatoms. The van der Waals surface area contributed by atoms with Gasteiger partial charge in [0.2, 0.25) is 5.95 Å². The fourth-order valence-corrected chi connectivity index (χ4v) is 2.01. The minimum atomic E-state index is -0.405. The molecule has 1 unspecified atom stereocenters. The van der Waals surface area contributed by atoms with Crippen molar-refractivity contribution in [1.82, 2.24) is 14.9 Å². The van der Waals surface area contributed by atoms with E-state index in [4.69, 9.17) is 0 Å². The van der Waals surface area contributed by atoms with E-state index in [9.17, 15) is 4.39 Å². The molecule has 16 heavy (non-hydrogen) atoms. The molecular weight excluding hydrogens is 207 g/mol. The number of hydrogen-bond donors (Lipinski definition) is 1. The molecule has 1 aliphatic rings. The highest BCUT2D eigenvalue weighted by Gasteiger charge is 2.14. The molecule has 2 rings (SSSR count).